The third-order valence-corrected chi connectivity index (χ3v) is 7.90. The van der Waals surface area contributed by atoms with Crippen LogP contribution in [0.25, 0.3) is 22.4 Å². The van der Waals surface area contributed by atoms with E-state index in [9.17, 15) is 9.59 Å². The van der Waals surface area contributed by atoms with Gasteiger partial charge in [0.15, 0.2) is 0 Å². The van der Waals surface area contributed by atoms with Crippen LogP contribution in [0.15, 0.2) is 35.3 Å². The highest BCUT2D eigenvalue weighted by Crippen LogP contribution is 2.29. The summed E-state index contributed by atoms with van der Waals surface area (Å²) >= 11 is 0. The molecule has 0 bridgehead atoms. The van der Waals surface area contributed by atoms with E-state index in [4.69, 9.17) is 14.5 Å². The third kappa shape index (κ3) is 6.35. The average Bonchev–Trinajstić information content (AvgIpc) is 3.55. The number of esters is 1. The number of rotatable bonds is 10. The standard InChI is InChI=1S/C30H40N4O4/c1-21-16-24(20-33(2)30(21)36)29-32-26-10-9-22(17-27(26)34(29)19-23-11-14-37-15-12-23)6-5-13-31-18-28(35)38-25-7-3-4-8-25/h9-10,16-17,20,23,25,31H,3-8,11-15,18-19H2,1-2H3. The Hall–Kier alpha value is -2.97. The van der Waals surface area contributed by atoms with Gasteiger partial charge in [-0.15, -0.1) is 0 Å². The molecule has 1 saturated heterocycles. The highest BCUT2D eigenvalue weighted by Gasteiger charge is 2.21. The van der Waals surface area contributed by atoms with Crippen molar-refractivity contribution in [3.8, 4) is 11.4 Å². The van der Waals surface area contributed by atoms with Crippen LogP contribution >= 0.6 is 0 Å². The number of ether oxygens (including phenoxy) is 2. The van der Waals surface area contributed by atoms with Crippen LogP contribution in [0, 0.1) is 12.8 Å². The molecule has 0 radical (unpaired) electrons. The quantitative estimate of drug-likeness (QED) is 0.319. The van der Waals surface area contributed by atoms with Gasteiger partial charge < -0.3 is 23.9 Å². The largest absolute Gasteiger partial charge is 0.461 e. The van der Waals surface area contributed by atoms with E-state index in [1.165, 1.54) is 5.56 Å². The van der Waals surface area contributed by atoms with Gasteiger partial charge in [-0.05, 0) is 94.5 Å². The fourth-order valence-corrected chi connectivity index (χ4v) is 5.76. The van der Waals surface area contributed by atoms with Crippen molar-refractivity contribution in [1.29, 1.82) is 0 Å². The van der Waals surface area contributed by atoms with Gasteiger partial charge in [0, 0.05) is 44.1 Å². The summed E-state index contributed by atoms with van der Waals surface area (Å²) in [4.78, 5) is 29.4. The molecule has 0 spiro atoms. The van der Waals surface area contributed by atoms with E-state index in [0.717, 1.165) is 106 Å². The summed E-state index contributed by atoms with van der Waals surface area (Å²) in [6.07, 6.45) is 10.3. The van der Waals surface area contributed by atoms with Gasteiger partial charge in [0.2, 0.25) is 0 Å². The second kappa shape index (κ2) is 12.3. The zero-order chi connectivity index (χ0) is 26.5. The maximum Gasteiger partial charge on any atom is 0.320 e. The van der Waals surface area contributed by atoms with Gasteiger partial charge in [-0.2, -0.15) is 0 Å². The van der Waals surface area contributed by atoms with Gasteiger partial charge in [-0.1, -0.05) is 6.07 Å². The highest BCUT2D eigenvalue weighted by atomic mass is 16.5. The van der Waals surface area contributed by atoms with Crippen molar-refractivity contribution in [3.63, 3.8) is 0 Å². The summed E-state index contributed by atoms with van der Waals surface area (Å²) in [5.74, 6) is 1.30. The second-order valence-corrected chi connectivity index (χ2v) is 10.9. The monoisotopic (exact) mass is 520 g/mol. The van der Waals surface area contributed by atoms with Crippen LogP contribution < -0.4 is 10.9 Å². The van der Waals surface area contributed by atoms with E-state index < -0.39 is 0 Å². The van der Waals surface area contributed by atoms with Gasteiger partial charge >= 0.3 is 5.97 Å². The first-order valence-electron chi connectivity index (χ1n) is 14.1. The first-order chi connectivity index (χ1) is 18.5. The smallest absolute Gasteiger partial charge is 0.320 e. The number of carbonyl (C=O) groups is 1. The van der Waals surface area contributed by atoms with Crippen molar-refractivity contribution < 1.29 is 14.3 Å². The molecule has 1 aliphatic carbocycles. The molecule has 3 aromatic rings. The predicted molar refractivity (Wildman–Crippen MR) is 148 cm³/mol. The van der Waals surface area contributed by atoms with Crippen LogP contribution in [0.1, 0.15) is 56.1 Å². The Balaban J connectivity index is 1.29. The van der Waals surface area contributed by atoms with Crippen LogP contribution in [0.3, 0.4) is 0 Å². The Kier molecular flexibility index (Phi) is 8.59. The second-order valence-electron chi connectivity index (χ2n) is 10.9. The summed E-state index contributed by atoms with van der Waals surface area (Å²) in [6, 6.07) is 8.47. The lowest BCUT2D eigenvalue weighted by Gasteiger charge is -2.23. The fourth-order valence-electron chi connectivity index (χ4n) is 5.76. The van der Waals surface area contributed by atoms with Gasteiger partial charge in [0.25, 0.3) is 5.56 Å². The molecule has 3 heterocycles. The van der Waals surface area contributed by atoms with Crippen LogP contribution in [-0.2, 0) is 34.3 Å². The third-order valence-electron chi connectivity index (χ3n) is 7.90. The summed E-state index contributed by atoms with van der Waals surface area (Å²) in [5, 5.41) is 3.24. The fraction of sp³-hybridized carbons (Fsp3) is 0.567. The molecule has 0 amide bonds. The Morgan fingerprint density at radius 3 is 2.71 bits per heavy atom. The van der Waals surface area contributed by atoms with E-state index >= 15 is 0 Å². The van der Waals surface area contributed by atoms with Crippen molar-refractivity contribution in [3.05, 3.63) is 51.9 Å². The molecular weight excluding hydrogens is 480 g/mol. The molecule has 2 fully saturated rings. The summed E-state index contributed by atoms with van der Waals surface area (Å²) in [5.41, 5.74) is 5.05. The van der Waals surface area contributed by atoms with Crippen molar-refractivity contribution in [2.75, 3.05) is 26.3 Å². The van der Waals surface area contributed by atoms with Gasteiger partial charge in [0.05, 0.1) is 17.6 Å². The number of imidazole rings is 1. The first-order valence-corrected chi connectivity index (χ1v) is 14.1. The maximum absolute atomic E-state index is 12.3. The van der Waals surface area contributed by atoms with Crippen LogP contribution in [-0.4, -0.2) is 52.5 Å². The van der Waals surface area contributed by atoms with Crippen molar-refractivity contribution in [2.45, 2.75) is 70.9 Å². The molecule has 1 aliphatic heterocycles. The summed E-state index contributed by atoms with van der Waals surface area (Å²) < 4.78 is 15.1. The number of hydrogen-bond donors (Lipinski definition) is 1. The highest BCUT2D eigenvalue weighted by molar-refractivity contribution is 5.81. The SMILES string of the molecule is Cc1cc(-c2nc3ccc(CCCNCC(=O)OC4CCCC4)cc3n2CC2CCOCC2)cn(C)c1=O. The Morgan fingerprint density at radius 1 is 1.16 bits per heavy atom. The lowest BCUT2D eigenvalue weighted by Crippen LogP contribution is -2.28. The minimum absolute atomic E-state index is 0.0172. The molecule has 2 aliphatic rings. The molecule has 0 unspecified atom stereocenters. The summed E-state index contributed by atoms with van der Waals surface area (Å²) in [6.45, 7) is 5.39. The normalized spacial score (nSPS) is 16.9. The number of fused-ring (bicyclic) bond motifs is 1. The maximum atomic E-state index is 12.3. The number of aromatic nitrogens is 3. The van der Waals surface area contributed by atoms with E-state index in [0.29, 0.717) is 5.92 Å². The lowest BCUT2D eigenvalue weighted by atomic mass is 10.00. The predicted octanol–water partition coefficient (Wildman–Crippen LogP) is 4.15. The van der Waals surface area contributed by atoms with E-state index in [1.54, 1.807) is 11.6 Å². The average molecular weight is 521 g/mol. The Morgan fingerprint density at radius 2 is 1.95 bits per heavy atom. The molecule has 8 heteroatoms. The molecule has 0 atom stereocenters. The Bertz CT molecular complexity index is 1290. The number of nitrogens with one attached hydrogen (secondary N) is 1. The van der Waals surface area contributed by atoms with Crippen LogP contribution in [0.5, 0.6) is 0 Å². The first kappa shape index (κ1) is 26.6. The Labute approximate surface area is 224 Å². The number of hydrogen-bond acceptors (Lipinski definition) is 6. The molecule has 5 rings (SSSR count). The van der Waals surface area contributed by atoms with Crippen molar-refractivity contribution in [1.82, 2.24) is 19.4 Å². The zero-order valence-corrected chi connectivity index (χ0v) is 22.7. The molecule has 1 saturated carbocycles. The number of benzene rings is 1. The summed E-state index contributed by atoms with van der Waals surface area (Å²) in [7, 11) is 1.80. The molecule has 2 aromatic heterocycles. The molecule has 1 N–H and O–H groups in total. The number of carbonyl (C=O) groups excluding carboxylic acids is 1. The molecule has 38 heavy (non-hydrogen) atoms. The van der Waals surface area contributed by atoms with Gasteiger partial charge in [-0.3, -0.25) is 9.59 Å². The molecule has 204 valence electrons. The van der Waals surface area contributed by atoms with Crippen molar-refractivity contribution in [2.24, 2.45) is 13.0 Å². The number of nitrogens with zero attached hydrogens (tertiary/aromatic N) is 3. The van der Waals surface area contributed by atoms with E-state index in [2.05, 4.69) is 28.1 Å². The lowest BCUT2D eigenvalue weighted by molar-refractivity contribution is -0.147. The van der Waals surface area contributed by atoms with Gasteiger partial charge in [-0.25, -0.2) is 4.98 Å². The van der Waals surface area contributed by atoms with E-state index in [1.807, 2.05) is 19.2 Å². The topological polar surface area (TPSA) is 87.4 Å². The molecular formula is C30H40N4O4. The minimum Gasteiger partial charge on any atom is -0.461 e. The molecule has 1 aromatic carbocycles. The van der Waals surface area contributed by atoms with Gasteiger partial charge in [0.1, 0.15) is 11.9 Å². The number of aryl methyl sites for hydroxylation is 3. The zero-order valence-electron chi connectivity index (χ0n) is 22.7. The van der Waals surface area contributed by atoms with E-state index in [-0.39, 0.29) is 24.2 Å². The van der Waals surface area contributed by atoms with Crippen LogP contribution in [0.2, 0.25) is 0 Å². The van der Waals surface area contributed by atoms with Crippen molar-refractivity contribution >= 4 is 17.0 Å². The minimum atomic E-state index is -0.142. The number of pyridine rings is 1. The van der Waals surface area contributed by atoms with Crippen LogP contribution in [0.4, 0.5) is 0 Å². The molecule has 8 nitrogen and oxygen atoms in total.